The Labute approximate surface area is 138 Å². The van der Waals surface area contributed by atoms with Crippen molar-refractivity contribution in [3.8, 4) is 11.6 Å². The first-order chi connectivity index (χ1) is 11.5. The first-order valence-corrected chi connectivity index (χ1v) is 7.80. The molecule has 0 aliphatic carbocycles. The predicted molar refractivity (Wildman–Crippen MR) is 87.6 cm³/mol. The number of nitrogens with zero attached hydrogens (tertiary/aromatic N) is 5. The van der Waals surface area contributed by atoms with Crippen molar-refractivity contribution in [3.63, 3.8) is 0 Å². The molecule has 1 fully saturated rings. The topological polar surface area (TPSA) is 88.6 Å². The van der Waals surface area contributed by atoms with Gasteiger partial charge in [-0.15, -0.1) is 5.10 Å². The molecule has 8 nitrogen and oxygen atoms in total. The molecule has 1 N–H and O–H groups in total. The van der Waals surface area contributed by atoms with E-state index in [4.69, 9.17) is 4.42 Å². The smallest absolute Gasteiger partial charge is 0.231 e. The lowest BCUT2D eigenvalue weighted by atomic mass is 10.0. The average molecular weight is 326 g/mol. The van der Waals surface area contributed by atoms with Crippen molar-refractivity contribution < 1.29 is 9.21 Å². The van der Waals surface area contributed by atoms with Crippen LogP contribution in [-0.4, -0.2) is 50.5 Å². The summed E-state index contributed by atoms with van der Waals surface area (Å²) in [6, 6.07) is 5.42. The van der Waals surface area contributed by atoms with E-state index >= 15 is 0 Å². The van der Waals surface area contributed by atoms with Crippen molar-refractivity contribution in [1.82, 2.24) is 24.5 Å². The fourth-order valence-corrected chi connectivity index (χ4v) is 2.87. The third kappa shape index (κ3) is 2.54. The lowest BCUT2D eigenvalue weighted by Gasteiger charge is -2.34. The van der Waals surface area contributed by atoms with Crippen molar-refractivity contribution in [3.05, 3.63) is 29.8 Å². The minimum absolute atomic E-state index is 0.00180. The van der Waals surface area contributed by atoms with Crippen molar-refractivity contribution in [2.75, 3.05) is 25.5 Å². The van der Waals surface area contributed by atoms with Gasteiger partial charge in [0.15, 0.2) is 11.4 Å². The summed E-state index contributed by atoms with van der Waals surface area (Å²) in [5.74, 6) is 2.95. The minimum Gasteiger partial charge on any atom is -0.458 e. The SMILES string of the molecule is Cc1nc2cc(NC(=O)C3CN(C)C3)nc(-c3ccc(C)o3)n2n1. The number of furan rings is 1. The normalized spacial score (nSPS) is 15.6. The monoisotopic (exact) mass is 326 g/mol. The van der Waals surface area contributed by atoms with Crippen LogP contribution in [0, 0.1) is 19.8 Å². The van der Waals surface area contributed by atoms with Crippen LogP contribution in [0.25, 0.3) is 17.2 Å². The minimum atomic E-state index is -0.0252. The molecule has 0 aromatic carbocycles. The predicted octanol–water partition coefficient (Wildman–Crippen LogP) is 1.50. The quantitative estimate of drug-likeness (QED) is 0.785. The van der Waals surface area contributed by atoms with E-state index < -0.39 is 0 Å². The van der Waals surface area contributed by atoms with Crippen molar-refractivity contribution in [2.45, 2.75) is 13.8 Å². The van der Waals surface area contributed by atoms with E-state index in [9.17, 15) is 4.79 Å². The van der Waals surface area contributed by atoms with E-state index in [1.54, 1.807) is 10.6 Å². The number of rotatable bonds is 3. The summed E-state index contributed by atoms with van der Waals surface area (Å²) < 4.78 is 7.30. The molecule has 0 bridgehead atoms. The summed E-state index contributed by atoms with van der Waals surface area (Å²) in [6.07, 6.45) is 0. The van der Waals surface area contributed by atoms with Gasteiger partial charge in [0.05, 0.1) is 5.92 Å². The maximum atomic E-state index is 12.3. The van der Waals surface area contributed by atoms with Crippen LogP contribution in [0.1, 0.15) is 11.6 Å². The van der Waals surface area contributed by atoms with Crippen molar-refractivity contribution in [2.24, 2.45) is 5.92 Å². The van der Waals surface area contributed by atoms with Gasteiger partial charge in [-0.05, 0) is 33.0 Å². The Hall–Kier alpha value is -2.74. The van der Waals surface area contributed by atoms with Gasteiger partial charge in [0, 0.05) is 19.2 Å². The van der Waals surface area contributed by atoms with Crippen LogP contribution < -0.4 is 5.32 Å². The summed E-state index contributed by atoms with van der Waals surface area (Å²) in [7, 11) is 1.99. The van der Waals surface area contributed by atoms with E-state index in [1.807, 2.05) is 33.0 Å². The Balaban J connectivity index is 1.72. The highest BCUT2D eigenvalue weighted by atomic mass is 16.3. The highest BCUT2D eigenvalue weighted by molar-refractivity contribution is 5.93. The number of amides is 1. The van der Waals surface area contributed by atoms with Gasteiger partial charge in [-0.3, -0.25) is 4.79 Å². The summed E-state index contributed by atoms with van der Waals surface area (Å²) >= 11 is 0. The number of nitrogens with one attached hydrogen (secondary N) is 1. The number of fused-ring (bicyclic) bond motifs is 1. The summed E-state index contributed by atoms with van der Waals surface area (Å²) in [4.78, 5) is 23.3. The largest absolute Gasteiger partial charge is 0.458 e. The summed E-state index contributed by atoms with van der Waals surface area (Å²) in [6.45, 7) is 5.21. The zero-order valence-corrected chi connectivity index (χ0v) is 13.8. The number of likely N-dealkylation sites (tertiary alicyclic amines) is 1. The molecule has 4 rings (SSSR count). The van der Waals surface area contributed by atoms with E-state index in [0.29, 0.717) is 28.9 Å². The Morgan fingerprint density at radius 3 is 2.75 bits per heavy atom. The van der Waals surface area contributed by atoms with Crippen LogP contribution >= 0.6 is 0 Å². The maximum Gasteiger partial charge on any atom is 0.231 e. The van der Waals surface area contributed by atoms with Crippen LogP contribution in [-0.2, 0) is 4.79 Å². The van der Waals surface area contributed by atoms with Gasteiger partial charge in [0.1, 0.15) is 17.4 Å². The molecule has 3 aromatic heterocycles. The molecular formula is C16H18N6O2. The molecule has 3 aromatic rings. The highest BCUT2D eigenvalue weighted by Crippen LogP contribution is 2.24. The van der Waals surface area contributed by atoms with Gasteiger partial charge >= 0.3 is 0 Å². The molecule has 0 atom stereocenters. The van der Waals surface area contributed by atoms with E-state index in [1.165, 1.54) is 0 Å². The molecule has 124 valence electrons. The van der Waals surface area contributed by atoms with E-state index in [0.717, 1.165) is 18.8 Å². The number of aryl methyl sites for hydroxylation is 2. The zero-order valence-electron chi connectivity index (χ0n) is 13.8. The average Bonchev–Trinajstić information content (AvgIpc) is 3.08. The number of carbonyl (C=O) groups is 1. The third-order valence-corrected chi connectivity index (χ3v) is 4.08. The fourth-order valence-electron chi connectivity index (χ4n) is 2.87. The number of aromatic nitrogens is 4. The van der Waals surface area contributed by atoms with Gasteiger partial charge in [-0.1, -0.05) is 0 Å². The summed E-state index contributed by atoms with van der Waals surface area (Å²) in [5, 5.41) is 7.24. The molecule has 1 aliphatic rings. The Bertz CT molecular complexity index is 922. The fraction of sp³-hybridized carbons (Fsp3) is 0.375. The van der Waals surface area contributed by atoms with Crippen molar-refractivity contribution in [1.29, 1.82) is 0 Å². The van der Waals surface area contributed by atoms with E-state index in [-0.39, 0.29) is 11.8 Å². The third-order valence-electron chi connectivity index (χ3n) is 4.08. The number of hydrogen-bond acceptors (Lipinski definition) is 6. The lowest BCUT2D eigenvalue weighted by molar-refractivity contribution is -0.124. The molecule has 0 radical (unpaired) electrons. The Morgan fingerprint density at radius 2 is 2.08 bits per heavy atom. The molecule has 0 saturated carbocycles. The highest BCUT2D eigenvalue weighted by Gasteiger charge is 2.30. The van der Waals surface area contributed by atoms with Gasteiger partial charge < -0.3 is 14.6 Å². The van der Waals surface area contributed by atoms with Crippen molar-refractivity contribution >= 4 is 17.4 Å². The van der Waals surface area contributed by atoms with Crippen LogP contribution in [0.2, 0.25) is 0 Å². The molecular weight excluding hydrogens is 308 g/mol. The van der Waals surface area contributed by atoms with Gasteiger partial charge in [-0.2, -0.15) is 4.52 Å². The zero-order chi connectivity index (χ0) is 16.8. The summed E-state index contributed by atoms with van der Waals surface area (Å²) in [5.41, 5.74) is 0.618. The van der Waals surface area contributed by atoms with Crippen LogP contribution in [0.15, 0.2) is 22.6 Å². The molecule has 1 saturated heterocycles. The Kier molecular flexibility index (Phi) is 3.34. The molecule has 8 heteroatoms. The first-order valence-electron chi connectivity index (χ1n) is 7.80. The second-order valence-electron chi connectivity index (χ2n) is 6.21. The molecule has 4 heterocycles. The Morgan fingerprint density at radius 1 is 1.29 bits per heavy atom. The first kappa shape index (κ1) is 14.8. The molecule has 24 heavy (non-hydrogen) atoms. The van der Waals surface area contributed by atoms with E-state index in [2.05, 4.69) is 25.3 Å². The lowest BCUT2D eigenvalue weighted by Crippen LogP contribution is -2.49. The van der Waals surface area contributed by atoms with Gasteiger partial charge in [-0.25, -0.2) is 9.97 Å². The molecule has 0 unspecified atom stereocenters. The number of anilines is 1. The molecule has 1 amide bonds. The molecule has 1 aliphatic heterocycles. The number of carbonyl (C=O) groups excluding carboxylic acids is 1. The second kappa shape index (κ2) is 5.41. The van der Waals surface area contributed by atoms with Crippen LogP contribution in [0.3, 0.4) is 0 Å². The van der Waals surface area contributed by atoms with Gasteiger partial charge in [0.25, 0.3) is 0 Å². The standard InChI is InChI=1S/C16H18N6O2/c1-9-4-5-12(24-9)15-18-13(6-14-17-10(2)20-22(14)15)19-16(23)11-7-21(3)8-11/h4-6,11H,7-8H2,1-3H3,(H,19,23). The maximum absolute atomic E-state index is 12.3. The number of hydrogen-bond donors (Lipinski definition) is 1. The van der Waals surface area contributed by atoms with Gasteiger partial charge in [0.2, 0.25) is 11.7 Å². The second-order valence-corrected chi connectivity index (χ2v) is 6.21. The van der Waals surface area contributed by atoms with Crippen LogP contribution in [0.4, 0.5) is 5.82 Å². The van der Waals surface area contributed by atoms with Crippen LogP contribution in [0.5, 0.6) is 0 Å². The molecule has 0 spiro atoms.